The van der Waals surface area contributed by atoms with Crippen molar-refractivity contribution < 1.29 is 4.79 Å². The molecule has 0 fully saturated rings. The standard InChI is InChI=1S/C4HCl3OS/c5-1-2(8)4(7)9-3(1)6/h4H. The summed E-state index contributed by atoms with van der Waals surface area (Å²) in [5, 5.41) is 0.0571. The summed E-state index contributed by atoms with van der Waals surface area (Å²) in [5.74, 6) is -0.298. The molecule has 1 aliphatic heterocycles. The molecule has 5 heteroatoms. The van der Waals surface area contributed by atoms with Gasteiger partial charge in [0.05, 0.1) is 4.36 Å². The highest BCUT2D eigenvalue weighted by Crippen LogP contribution is 2.40. The highest BCUT2D eigenvalue weighted by molar-refractivity contribution is 8.07. The third-order valence-corrected chi connectivity index (χ3v) is 3.14. The van der Waals surface area contributed by atoms with Crippen LogP contribution >= 0.6 is 46.6 Å². The molecule has 0 aromatic rings. The second-order valence-electron chi connectivity index (χ2n) is 1.39. The molecule has 1 rings (SSSR count). The van der Waals surface area contributed by atoms with Crippen LogP contribution in [0.3, 0.4) is 0 Å². The number of ketones is 1. The van der Waals surface area contributed by atoms with Crippen molar-refractivity contribution in [1.29, 1.82) is 0 Å². The average molecular weight is 203 g/mol. The molecule has 0 radical (unpaired) electrons. The zero-order chi connectivity index (χ0) is 7.02. The molecule has 0 bridgehead atoms. The van der Waals surface area contributed by atoms with Crippen molar-refractivity contribution in [3.8, 4) is 0 Å². The number of Topliss-reactive ketones (excluding diaryl/α,β-unsaturated/α-hetero) is 1. The molecule has 0 amide bonds. The summed E-state index contributed by atoms with van der Waals surface area (Å²) in [6.45, 7) is 0. The van der Waals surface area contributed by atoms with Crippen molar-refractivity contribution in [2.45, 2.75) is 4.71 Å². The molecule has 1 aliphatic rings. The molecule has 9 heavy (non-hydrogen) atoms. The highest BCUT2D eigenvalue weighted by atomic mass is 35.5. The third kappa shape index (κ3) is 1.37. The number of halogens is 3. The number of carbonyl (C=O) groups is 1. The smallest absolute Gasteiger partial charge is 0.204 e. The summed E-state index contributed by atoms with van der Waals surface area (Å²) in [5.41, 5.74) is 0. The van der Waals surface area contributed by atoms with E-state index in [1.54, 1.807) is 0 Å². The second kappa shape index (κ2) is 2.70. The molecule has 0 aliphatic carbocycles. The summed E-state index contributed by atoms with van der Waals surface area (Å²) in [4.78, 5) is 10.7. The molecular formula is C4HCl3OS. The van der Waals surface area contributed by atoms with Gasteiger partial charge in [-0.3, -0.25) is 4.79 Å². The average Bonchev–Trinajstić information content (AvgIpc) is 1.98. The van der Waals surface area contributed by atoms with Crippen LogP contribution < -0.4 is 0 Å². The number of carbonyl (C=O) groups excluding carboxylic acids is 1. The van der Waals surface area contributed by atoms with Crippen molar-refractivity contribution >= 4 is 52.3 Å². The Morgan fingerprint density at radius 3 is 2.11 bits per heavy atom. The fraction of sp³-hybridized carbons (Fsp3) is 0.250. The van der Waals surface area contributed by atoms with E-state index in [1.165, 1.54) is 0 Å². The predicted molar refractivity (Wildman–Crippen MR) is 41.0 cm³/mol. The van der Waals surface area contributed by atoms with E-state index in [9.17, 15) is 4.79 Å². The molecule has 0 saturated heterocycles. The Morgan fingerprint density at radius 1 is 1.44 bits per heavy atom. The monoisotopic (exact) mass is 202 g/mol. The largest absolute Gasteiger partial charge is 0.290 e. The minimum atomic E-state index is -0.620. The van der Waals surface area contributed by atoms with Gasteiger partial charge in [0, 0.05) is 0 Å². The summed E-state index contributed by atoms with van der Waals surface area (Å²) in [7, 11) is 0. The van der Waals surface area contributed by atoms with Crippen LogP contribution in [-0.2, 0) is 4.79 Å². The Kier molecular flexibility index (Phi) is 2.32. The van der Waals surface area contributed by atoms with Gasteiger partial charge in [0.25, 0.3) is 0 Å². The van der Waals surface area contributed by atoms with Crippen molar-refractivity contribution in [2.75, 3.05) is 0 Å². The van der Waals surface area contributed by atoms with E-state index in [1.807, 2.05) is 0 Å². The Morgan fingerprint density at radius 2 is 2.00 bits per heavy atom. The topological polar surface area (TPSA) is 17.1 Å². The molecule has 1 heterocycles. The van der Waals surface area contributed by atoms with Gasteiger partial charge in [0.1, 0.15) is 9.74 Å². The lowest BCUT2D eigenvalue weighted by atomic mass is 10.4. The van der Waals surface area contributed by atoms with E-state index < -0.39 is 4.71 Å². The van der Waals surface area contributed by atoms with Gasteiger partial charge in [-0.15, -0.1) is 11.6 Å². The fourth-order valence-electron chi connectivity index (χ4n) is 0.393. The maximum Gasteiger partial charge on any atom is 0.204 e. The molecular weight excluding hydrogens is 202 g/mol. The molecule has 1 atom stereocenters. The number of alkyl halides is 1. The van der Waals surface area contributed by atoms with Gasteiger partial charge in [0.15, 0.2) is 0 Å². The summed E-state index contributed by atoms with van der Waals surface area (Å²) < 4.78 is -0.327. The molecule has 0 N–H and O–H groups in total. The van der Waals surface area contributed by atoms with Crippen LogP contribution in [0.25, 0.3) is 0 Å². The molecule has 0 aromatic heterocycles. The van der Waals surface area contributed by atoms with Gasteiger partial charge in [0.2, 0.25) is 5.78 Å². The Balaban J connectivity index is 2.87. The van der Waals surface area contributed by atoms with Gasteiger partial charge in [-0.2, -0.15) is 0 Å². The lowest BCUT2D eigenvalue weighted by molar-refractivity contribution is -0.113. The summed E-state index contributed by atoms with van der Waals surface area (Å²) in [6.07, 6.45) is 0. The normalized spacial score (nSPS) is 27.9. The van der Waals surface area contributed by atoms with E-state index in [-0.39, 0.29) is 10.8 Å². The second-order valence-corrected chi connectivity index (χ2v) is 4.18. The zero-order valence-corrected chi connectivity index (χ0v) is 7.11. The molecule has 50 valence electrons. The predicted octanol–water partition coefficient (Wildman–Crippen LogP) is 2.51. The van der Waals surface area contributed by atoms with Crippen LogP contribution in [0.2, 0.25) is 0 Å². The Bertz CT molecular complexity index is 188. The molecule has 1 nitrogen and oxygen atoms in total. The van der Waals surface area contributed by atoms with Crippen LogP contribution in [0.15, 0.2) is 9.40 Å². The lowest BCUT2D eigenvalue weighted by Gasteiger charge is -1.90. The molecule has 0 aromatic carbocycles. The lowest BCUT2D eigenvalue weighted by Crippen LogP contribution is -2.02. The number of hydrogen-bond donors (Lipinski definition) is 0. The van der Waals surface area contributed by atoms with E-state index in [0.717, 1.165) is 11.8 Å². The Labute approximate surface area is 71.3 Å². The van der Waals surface area contributed by atoms with Crippen molar-refractivity contribution in [3.05, 3.63) is 9.40 Å². The first-order chi connectivity index (χ1) is 4.13. The van der Waals surface area contributed by atoms with Crippen LogP contribution in [0, 0.1) is 0 Å². The first kappa shape index (κ1) is 7.73. The minimum absolute atomic E-state index is 0.0571. The molecule has 1 unspecified atom stereocenters. The van der Waals surface area contributed by atoms with Gasteiger partial charge < -0.3 is 0 Å². The van der Waals surface area contributed by atoms with Gasteiger partial charge in [-0.05, 0) is 0 Å². The van der Waals surface area contributed by atoms with Gasteiger partial charge in [-0.25, -0.2) is 0 Å². The van der Waals surface area contributed by atoms with E-state index in [2.05, 4.69) is 0 Å². The third-order valence-electron chi connectivity index (χ3n) is 0.802. The molecule has 0 spiro atoms. The van der Waals surface area contributed by atoms with Crippen LogP contribution in [0.4, 0.5) is 0 Å². The maximum absolute atomic E-state index is 10.7. The van der Waals surface area contributed by atoms with E-state index >= 15 is 0 Å². The quantitative estimate of drug-likeness (QED) is 0.563. The first-order valence-electron chi connectivity index (χ1n) is 2.03. The molecule has 0 saturated carbocycles. The zero-order valence-electron chi connectivity index (χ0n) is 4.03. The number of rotatable bonds is 0. The highest BCUT2D eigenvalue weighted by Gasteiger charge is 2.30. The van der Waals surface area contributed by atoms with Crippen LogP contribution in [0.5, 0.6) is 0 Å². The van der Waals surface area contributed by atoms with Gasteiger partial charge in [-0.1, -0.05) is 35.0 Å². The van der Waals surface area contributed by atoms with Crippen molar-refractivity contribution in [2.24, 2.45) is 0 Å². The Hall–Kier alpha value is 0.630. The minimum Gasteiger partial charge on any atom is -0.290 e. The SMILES string of the molecule is O=C1C(Cl)=C(Cl)SC1Cl. The van der Waals surface area contributed by atoms with Crippen molar-refractivity contribution in [1.82, 2.24) is 0 Å². The van der Waals surface area contributed by atoms with Gasteiger partial charge >= 0.3 is 0 Å². The summed E-state index contributed by atoms with van der Waals surface area (Å²) in [6, 6.07) is 0. The van der Waals surface area contributed by atoms with Crippen LogP contribution in [0.1, 0.15) is 0 Å². The van der Waals surface area contributed by atoms with E-state index in [0.29, 0.717) is 4.36 Å². The fourth-order valence-corrected chi connectivity index (χ4v) is 2.24. The summed E-state index contributed by atoms with van der Waals surface area (Å²) >= 11 is 17.4. The van der Waals surface area contributed by atoms with Crippen molar-refractivity contribution in [3.63, 3.8) is 0 Å². The number of thioether (sulfide) groups is 1. The maximum atomic E-state index is 10.7. The van der Waals surface area contributed by atoms with Crippen LogP contribution in [-0.4, -0.2) is 10.5 Å². The number of allylic oxidation sites excluding steroid dienone is 1. The first-order valence-corrected chi connectivity index (χ1v) is 4.10. The number of hydrogen-bond acceptors (Lipinski definition) is 2. The van der Waals surface area contributed by atoms with E-state index in [4.69, 9.17) is 34.8 Å².